The molecule has 1 atom stereocenters. The largest absolute Gasteiger partial charge is 0.387 e. The summed E-state index contributed by atoms with van der Waals surface area (Å²) < 4.78 is 47.3. The van der Waals surface area contributed by atoms with Gasteiger partial charge in [0.1, 0.15) is 24.6 Å². The molecular formula is C32H41F3N6O3. The van der Waals surface area contributed by atoms with E-state index in [1.54, 1.807) is 19.9 Å². The first-order valence-corrected chi connectivity index (χ1v) is 15.3. The molecular weight excluding hydrogens is 573 g/mol. The fourth-order valence-electron chi connectivity index (χ4n) is 6.58. The Morgan fingerprint density at radius 3 is 2.45 bits per heavy atom. The Hall–Kier alpha value is -3.35. The smallest absolute Gasteiger partial charge is 0.278 e. The first-order valence-electron chi connectivity index (χ1n) is 15.3. The minimum Gasteiger partial charge on any atom is -0.387 e. The summed E-state index contributed by atoms with van der Waals surface area (Å²) in [6.45, 7) is 8.62. The first kappa shape index (κ1) is 32.1. The quantitative estimate of drug-likeness (QED) is 0.336. The molecule has 2 aliphatic heterocycles. The topological polar surface area (TPSA) is 115 Å². The number of alkyl halides is 2. The lowest BCUT2D eigenvalue weighted by Crippen LogP contribution is -2.46. The van der Waals surface area contributed by atoms with E-state index in [9.17, 15) is 15.0 Å². The van der Waals surface area contributed by atoms with Gasteiger partial charge in [0.15, 0.2) is 5.65 Å². The number of rotatable bonds is 8. The van der Waals surface area contributed by atoms with Gasteiger partial charge in [0.25, 0.3) is 5.92 Å². The van der Waals surface area contributed by atoms with Crippen LogP contribution in [0.5, 0.6) is 0 Å². The molecule has 4 heterocycles. The van der Waals surface area contributed by atoms with E-state index in [0.29, 0.717) is 54.0 Å². The van der Waals surface area contributed by atoms with Gasteiger partial charge in [-0.2, -0.15) is 0 Å². The van der Waals surface area contributed by atoms with Crippen LogP contribution in [0.3, 0.4) is 0 Å². The fraction of sp³-hybridized carbons (Fsp3) is 0.562. The number of aliphatic hydroxyl groups excluding tert-OH is 1. The lowest BCUT2D eigenvalue weighted by molar-refractivity contribution is -0.138. The molecule has 2 saturated heterocycles. The third kappa shape index (κ3) is 6.12. The molecule has 238 valence electrons. The van der Waals surface area contributed by atoms with Gasteiger partial charge in [-0.05, 0) is 72.5 Å². The molecule has 0 radical (unpaired) electrons. The normalized spacial score (nSPS) is 19.0. The van der Waals surface area contributed by atoms with E-state index in [0.717, 1.165) is 0 Å². The summed E-state index contributed by atoms with van der Waals surface area (Å²) in [4.78, 5) is 28.8. The number of likely N-dealkylation sites (tertiary alicyclic amines) is 2. The van der Waals surface area contributed by atoms with E-state index in [-0.39, 0.29) is 43.4 Å². The van der Waals surface area contributed by atoms with E-state index < -0.39 is 41.5 Å². The van der Waals surface area contributed by atoms with Crippen molar-refractivity contribution >= 4 is 22.8 Å². The van der Waals surface area contributed by atoms with Crippen LogP contribution in [0.25, 0.3) is 11.0 Å². The molecule has 2 aromatic heterocycles. The van der Waals surface area contributed by atoms with Gasteiger partial charge in [-0.3, -0.25) is 4.79 Å². The lowest BCUT2D eigenvalue weighted by atomic mass is 9.83. The van der Waals surface area contributed by atoms with Gasteiger partial charge in [-0.25, -0.2) is 28.1 Å². The lowest BCUT2D eigenvalue weighted by Gasteiger charge is -2.39. The van der Waals surface area contributed by atoms with Gasteiger partial charge in [-0.15, -0.1) is 0 Å². The van der Waals surface area contributed by atoms with Crippen molar-refractivity contribution in [2.45, 2.75) is 77.0 Å². The van der Waals surface area contributed by atoms with Gasteiger partial charge in [0, 0.05) is 41.9 Å². The molecule has 44 heavy (non-hydrogen) atoms. The number of halogens is 3. The Kier molecular flexibility index (Phi) is 9.16. The van der Waals surface area contributed by atoms with Crippen molar-refractivity contribution < 1.29 is 28.2 Å². The number of aliphatic hydroxyl groups is 2. The number of fused-ring (bicyclic) bond motifs is 1. The Morgan fingerprint density at radius 1 is 1.14 bits per heavy atom. The molecule has 1 aromatic carbocycles. The van der Waals surface area contributed by atoms with Crippen molar-refractivity contribution in [3.63, 3.8) is 0 Å². The van der Waals surface area contributed by atoms with E-state index in [4.69, 9.17) is 0 Å². The predicted octanol–water partition coefficient (Wildman–Crippen LogP) is 4.66. The maximum absolute atomic E-state index is 15.9. The van der Waals surface area contributed by atoms with Gasteiger partial charge in [-0.1, -0.05) is 18.2 Å². The SMILES string of the molecule is Cc1nc2ncnc(N[C@H](C)c3cccc(C(F)(F)C4CCN(C(C)C)CC4)c3F)c2cc1C1(O)CCN(C(=O)CO)CC1. The molecule has 9 nitrogen and oxygen atoms in total. The van der Waals surface area contributed by atoms with Gasteiger partial charge < -0.3 is 25.3 Å². The Balaban J connectivity index is 1.40. The van der Waals surface area contributed by atoms with Crippen molar-refractivity contribution in [2.24, 2.45) is 5.92 Å². The maximum Gasteiger partial charge on any atom is 0.278 e. The van der Waals surface area contributed by atoms with E-state index in [1.165, 1.54) is 29.4 Å². The summed E-state index contributed by atoms with van der Waals surface area (Å²) in [5.74, 6) is -5.25. The molecule has 12 heteroatoms. The molecule has 0 unspecified atom stereocenters. The van der Waals surface area contributed by atoms with E-state index in [1.807, 2.05) is 13.8 Å². The number of hydrogen-bond acceptors (Lipinski definition) is 8. The average Bonchev–Trinajstić information content (AvgIpc) is 3.00. The highest BCUT2D eigenvalue weighted by molar-refractivity contribution is 5.87. The number of amides is 1. The number of aromatic nitrogens is 3. The van der Waals surface area contributed by atoms with Gasteiger partial charge in [0.2, 0.25) is 5.91 Å². The Labute approximate surface area is 255 Å². The van der Waals surface area contributed by atoms with Crippen LogP contribution in [0, 0.1) is 18.7 Å². The van der Waals surface area contributed by atoms with Crippen molar-refractivity contribution in [1.82, 2.24) is 24.8 Å². The number of piperidine rings is 2. The summed E-state index contributed by atoms with van der Waals surface area (Å²) >= 11 is 0. The average molecular weight is 615 g/mol. The number of nitrogens with one attached hydrogen (secondary N) is 1. The van der Waals surface area contributed by atoms with Crippen LogP contribution in [0.15, 0.2) is 30.6 Å². The Bertz CT molecular complexity index is 1500. The van der Waals surface area contributed by atoms with Gasteiger partial charge in [0.05, 0.1) is 22.6 Å². The molecule has 0 bridgehead atoms. The van der Waals surface area contributed by atoms with Crippen LogP contribution in [-0.4, -0.2) is 79.7 Å². The summed E-state index contributed by atoms with van der Waals surface area (Å²) in [7, 11) is 0. The highest BCUT2D eigenvalue weighted by Gasteiger charge is 2.45. The standard InChI is InChI=1S/C32H41F3N6O3/c1-19(2)40-12-8-22(9-13-40)32(34,35)25-7-5-6-23(28(25)33)20(3)38-29-24-16-26(21(4)39-30(24)37-18-36-29)31(44)10-14-41(15-11-31)27(43)17-42/h5-7,16,18-20,22,42,44H,8-15,17H2,1-4H3,(H,36,37,38,39)/t20-/m1/s1. The highest BCUT2D eigenvalue weighted by Crippen LogP contribution is 2.44. The number of carbonyl (C=O) groups excluding carboxylic acids is 1. The van der Waals surface area contributed by atoms with Crippen LogP contribution in [0.2, 0.25) is 0 Å². The van der Waals surface area contributed by atoms with Crippen molar-refractivity contribution in [1.29, 1.82) is 0 Å². The molecule has 5 rings (SSSR count). The second kappa shape index (κ2) is 12.6. The fourth-order valence-corrected chi connectivity index (χ4v) is 6.58. The van der Waals surface area contributed by atoms with Gasteiger partial charge >= 0.3 is 0 Å². The zero-order valence-corrected chi connectivity index (χ0v) is 25.7. The molecule has 3 aromatic rings. The van der Waals surface area contributed by atoms with Crippen LogP contribution in [0.4, 0.5) is 19.0 Å². The number of hydrogen-bond donors (Lipinski definition) is 3. The summed E-state index contributed by atoms with van der Waals surface area (Å²) in [6.07, 6.45) is 2.42. The molecule has 0 saturated carbocycles. The number of anilines is 1. The zero-order chi connectivity index (χ0) is 31.8. The molecule has 0 aliphatic carbocycles. The second-order valence-corrected chi connectivity index (χ2v) is 12.4. The van der Waals surface area contributed by atoms with Crippen LogP contribution < -0.4 is 5.32 Å². The summed E-state index contributed by atoms with van der Waals surface area (Å²) in [5.41, 5.74) is -0.280. The van der Waals surface area contributed by atoms with Crippen molar-refractivity contribution in [2.75, 3.05) is 38.1 Å². The number of carbonyl (C=O) groups is 1. The Morgan fingerprint density at radius 2 is 1.82 bits per heavy atom. The van der Waals surface area contributed by atoms with E-state index >= 15 is 13.2 Å². The summed E-state index contributed by atoms with van der Waals surface area (Å²) in [6, 6.07) is 5.44. The molecule has 0 spiro atoms. The number of aryl methyl sites for hydroxylation is 1. The zero-order valence-electron chi connectivity index (χ0n) is 25.7. The number of nitrogens with zero attached hydrogens (tertiary/aromatic N) is 5. The van der Waals surface area contributed by atoms with Crippen molar-refractivity contribution in [3.05, 3.63) is 58.8 Å². The highest BCUT2D eigenvalue weighted by atomic mass is 19.3. The minimum atomic E-state index is -3.31. The molecule has 2 aliphatic rings. The monoisotopic (exact) mass is 614 g/mol. The number of pyridine rings is 1. The van der Waals surface area contributed by atoms with Crippen LogP contribution in [-0.2, 0) is 16.3 Å². The molecule has 1 amide bonds. The minimum absolute atomic E-state index is 0.0911. The second-order valence-electron chi connectivity index (χ2n) is 12.4. The maximum atomic E-state index is 15.9. The van der Waals surface area contributed by atoms with Crippen LogP contribution >= 0.6 is 0 Å². The third-order valence-electron chi connectivity index (χ3n) is 9.37. The first-order chi connectivity index (χ1) is 20.9. The molecule has 3 N–H and O–H groups in total. The van der Waals surface area contributed by atoms with Crippen LogP contribution in [0.1, 0.15) is 74.9 Å². The predicted molar refractivity (Wildman–Crippen MR) is 161 cm³/mol. The van der Waals surface area contributed by atoms with Crippen molar-refractivity contribution in [3.8, 4) is 0 Å². The van der Waals surface area contributed by atoms with E-state index in [2.05, 4.69) is 25.2 Å². The molecule has 2 fully saturated rings. The third-order valence-corrected chi connectivity index (χ3v) is 9.37. The number of benzene rings is 1. The summed E-state index contributed by atoms with van der Waals surface area (Å²) in [5, 5.41) is 24.4.